The lowest BCUT2D eigenvalue weighted by Crippen LogP contribution is -2.38. The fourth-order valence-corrected chi connectivity index (χ4v) is 2.15. The molecule has 0 aliphatic rings. The zero-order valence-corrected chi connectivity index (χ0v) is 11.4. The van der Waals surface area contributed by atoms with E-state index in [1.165, 1.54) is 4.41 Å². The molecule has 1 atom stereocenters. The minimum absolute atomic E-state index is 0.487. The van der Waals surface area contributed by atoms with E-state index in [0.29, 0.717) is 12.2 Å². The van der Waals surface area contributed by atoms with Crippen LogP contribution in [0.3, 0.4) is 0 Å². The topological polar surface area (TPSA) is 52.6 Å². The minimum atomic E-state index is -2.11. The fraction of sp³-hybridized carbons (Fsp3) is 0.143. The second-order valence-corrected chi connectivity index (χ2v) is 5.01. The first-order valence-electron chi connectivity index (χ1n) is 5.92. The summed E-state index contributed by atoms with van der Waals surface area (Å²) in [5, 5.41) is 0. The van der Waals surface area contributed by atoms with Gasteiger partial charge in [-0.05, 0) is 24.6 Å². The summed E-state index contributed by atoms with van der Waals surface area (Å²) in [5.41, 5.74) is 5.76. The zero-order chi connectivity index (χ0) is 13.7. The van der Waals surface area contributed by atoms with E-state index in [0.717, 1.165) is 11.1 Å². The molecule has 2 aromatic rings. The lowest BCUT2D eigenvalue weighted by molar-refractivity contribution is 0.546. The van der Waals surface area contributed by atoms with E-state index >= 15 is 0 Å². The molecule has 2 rings (SSSR count). The molecule has 0 saturated heterocycles. The van der Waals surface area contributed by atoms with Crippen molar-refractivity contribution >= 4 is 17.0 Å². The number of benzene rings is 2. The van der Waals surface area contributed by atoms with Crippen LogP contribution in [0, 0.1) is 6.92 Å². The molecular weight excluding hydrogens is 260 g/mol. The van der Waals surface area contributed by atoms with Crippen LogP contribution >= 0.6 is 0 Å². The van der Waals surface area contributed by atoms with E-state index in [2.05, 4.69) is 5.43 Å². The zero-order valence-electron chi connectivity index (χ0n) is 10.6. The average Bonchev–Trinajstić information content (AvgIpc) is 2.42. The SMILES string of the molecule is Cc1ccc(N(NCc2ccccc2)S(=O)O)cc1. The molecule has 0 radical (unpaired) electrons. The Hall–Kier alpha value is -1.69. The van der Waals surface area contributed by atoms with E-state index in [4.69, 9.17) is 0 Å². The quantitative estimate of drug-likeness (QED) is 0.652. The molecule has 1 unspecified atom stereocenters. The van der Waals surface area contributed by atoms with Gasteiger partial charge in [-0.15, -0.1) is 0 Å². The maximum atomic E-state index is 11.4. The summed E-state index contributed by atoms with van der Waals surface area (Å²) >= 11 is -2.11. The van der Waals surface area contributed by atoms with Crippen LogP contribution in [0.25, 0.3) is 0 Å². The van der Waals surface area contributed by atoms with Crippen molar-refractivity contribution in [2.24, 2.45) is 0 Å². The normalized spacial score (nSPS) is 12.1. The molecule has 4 nitrogen and oxygen atoms in total. The van der Waals surface area contributed by atoms with Crippen molar-refractivity contribution in [2.45, 2.75) is 13.5 Å². The van der Waals surface area contributed by atoms with Gasteiger partial charge in [0.15, 0.2) is 0 Å². The third kappa shape index (κ3) is 3.89. The molecule has 5 heteroatoms. The molecule has 0 fully saturated rings. The van der Waals surface area contributed by atoms with E-state index in [1.54, 1.807) is 12.1 Å². The molecule has 19 heavy (non-hydrogen) atoms. The highest BCUT2D eigenvalue weighted by Crippen LogP contribution is 2.14. The number of hydrogen-bond donors (Lipinski definition) is 2. The highest BCUT2D eigenvalue weighted by molar-refractivity contribution is 7.80. The third-order valence-electron chi connectivity index (χ3n) is 2.69. The first-order chi connectivity index (χ1) is 9.16. The number of rotatable bonds is 5. The lowest BCUT2D eigenvalue weighted by atomic mass is 10.2. The third-order valence-corrected chi connectivity index (χ3v) is 3.35. The highest BCUT2D eigenvalue weighted by atomic mass is 32.2. The monoisotopic (exact) mass is 276 g/mol. The van der Waals surface area contributed by atoms with Gasteiger partial charge in [0.25, 0.3) is 11.3 Å². The van der Waals surface area contributed by atoms with Gasteiger partial charge >= 0.3 is 0 Å². The molecule has 0 aromatic heterocycles. The summed E-state index contributed by atoms with van der Waals surface area (Å²) in [6.45, 7) is 2.46. The van der Waals surface area contributed by atoms with Gasteiger partial charge in [-0.1, -0.05) is 48.0 Å². The molecule has 2 N–H and O–H groups in total. The Morgan fingerprint density at radius 3 is 2.32 bits per heavy atom. The van der Waals surface area contributed by atoms with Gasteiger partial charge < -0.3 is 0 Å². The standard InChI is InChI=1S/C14H16N2O2S/c1-12-7-9-14(10-8-12)16(19(17)18)15-11-13-5-3-2-4-6-13/h2-10,15H,11H2,1H3,(H,17,18). The molecular formula is C14H16N2O2S. The number of nitrogens with zero attached hydrogens (tertiary/aromatic N) is 1. The van der Waals surface area contributed by atoms with Gasteiger partial charge in [-0.2, -0.15) is 0 Å². The largest absolute Gasteiger partial charge is 0.288 e. The van der Waals surface area contributed by atoms with Gasteiger partial charge in [0.1, 0.15) is 0 Å². The maximum absolute atomic E-state index is 11.4. The second-order valence-electron chi connectivity index (χ2n) is 4.18. The summed E-state index contributed by atoms with van der Waals surface area (Å²) < 4.78 is 22.0. The number of aryl methyl sites for hydroxylation is 1. The van der Waals surface area contributed by atoms with Crippen molar-refractivity contribution < 1.29 is 8.76 Å². The van der Waals surface area contributed by atoms with Gasteiger partial charge in [-0.25, -0.2) is 14.0 Å². The van der Waals surface area contributed by atoms with Gasteiger partial charge in [0, 0.05) is 6.54 Å². The van der Waals surface area contributed by atoms with Gasteiger partial charge in [-0.3, -0.25) is 4.55 Å². The summed E-state index contributed by atoms with van der Waals surface area (Å²) in [6.07, 6.45) is 0. The van der Waals surface area contributed by atoms with Crippen LogP contribution in [0.4, 0.5) is 5.69 Å². The Kier molecular flexibility index (Phi) is 4.68. The molecule has 0 aliphatic heterocycles. The molecule has 2 aromatic carbocycles. The average molecular weight is 276 g/mol. The van der Waals surface area contributed by atoms with E-state index in [9.17, 15) is 8.76 Å². The Balaban J connectivity index is 2.09. The second kappa shape index (κ2) is 6.47. The summed E-state index contributed by atoms with van der Waals surface area (Å²) in [6, 6.07) is 17.1. The summed E-state index contributed by atoms with van der Waals surface area (Å²) in [7, 11) is 0. The van der Waals surface area contributed by atoms with Crippen molar-refractivity contribution in [3.05, 3.63) is 65.7 Å². The van der Waals surface area contributed by atoms with Crippen LogP contribution in [-0.2, 0) is 17.8 Å². The first-order valence-corrected chi connectivity index (χ1v) is 6.98. The number of anilines is 1. The Labute approximate surface area is 115 Å². The smallest absolute Gasteiger partial charge is 0.276 e. The highest BCUT2D eigenvalue weighted by Gasteiger charge is 2.11. The van der Waals surface area contributed by atoms with Gasteiger partial charge in [0.2, 0.25) is 0 Å². The van der Waals surface area contributed by atoms with Gasteiger partial charge in [0.05, 0.1) is 5.69 Å². The molecule has 0 heterocycles. The molecule has 0 saturated carbocycles. The molecule has 0 bridgehead atoms. The van der Waals surface area contributed by atoms with Crippen LogP contribution in [0.1, 0.15) is 11.1 Å². The Morgan fingerprint density at radius 2 is 1.74 bits per heavy atom. The van der Waals surface area contributed by atoms with Crippen LogP contribution in [0.2, 0.25) is 0 Å². The van der Waals surface area contributed by atoms with Crippen molar-refractivity contribution in [3.8, 4) is 0 Å². The maximum Gasteiger partial charge on any atom is 0.276 e. The molecule has 100 valence electrons. The fourth-order valence-electron chi connectivity index (χ4n) is 1.68. The molecule has 0 amide bonds. The van der Waals surface area contributed by atoms with Crippen molar-refractivity contribution in [2.75, 3.05) is 4.41 Å². The van der Waals surface area contributed by atoms with Crippen LogP contribution < -0.4 is 9.84 Å². The Morgan fingerprint density at radius 1 is 1.11 bits per heavy atom. The predicted molar refractivity (Wildman–Crippen MR) is 77.7 cm³/mol. The summed E-state index contributed by atoms with van der Waals surface area (Å²) in [5.74, 6) is 0. The number of nitrogens with one attached hydrogen (secondary N) is 1. The number of hydrazine groups is 1. The van der Waals surface area contributed by atoms with Crippen molar-refractivity contribution in [3.63, 3.8) is 0 Å². The number of hydrogen-bond acceptors (Lipinski definition) is 2. The molecule has 0 spiro atoms. The minimum Gasteiger partial charge on any atom is -0.288 e. The van der Waals surface area contributed by atoms with Crippen molar-refractivity contribution in [1.82, 2.24) is 5.43 Å². The van der Waals surface area contributed by atoms with Crippen LogP contribution in [-0.4, -0.2) is 8.76 Å². The summed E-state index contributed by atoms with van der Waals surface area (Å²) in [4.78, 5) is 0. The lowest BCUT2D eigenvalue weighted by Gasteiger charge is -2.21. The first kappa shape index (κ1) is 13.7. The van der Waals surface area contributed by atoms with E-state index in [-0.39, 0.29) is 0 Å². The van der Waals surface area contributed by atoms with Crippen LogP contribution in [0.5, 0.6) is 0 Å². The van der Waals surface area contributed by atoms with E-state index in [1.807, 2.05) is 49.4 Å². The Bertz CT molecular complexity index is 543. The molecule has 0 aliphatic carbocycles. The van der Waals surface area contributed by atoms with E-state index < -0.39 is 11.3 Å². The van der Waals surface area contributed by atoms with Crippen molar-refractivity contribution in [1.29, 1.82) is 0 Å². The predicted octanol–water partition coefficient (Wildman–Crippen LogP) is 2.64. The van der Waals surface area contributed by atoms with Crippen LogP contribution in [0.15, 0.2) is 54.6 Å².